The maximum absolute atomic E-state index is 12.3. The largest absolute Gasteiger partial charge is 0.454 e. The molecule has 1 aliphatic rings. The van der Waals surface area contributed by atoms with Crippen molar-refractivity contribution in [3.05, 3.63) is 29.8 Å². The second-order valence-corrected chi connectivity index (χ2v) is 7.36. The van der Waals surface area contributed by atoms with Crippen LogP contribution >= 0.6 is 0 Å². The number of anilines is 1. The smallest absolute Gasteiger partial charge is 0.411 e. The predicted octanol–water partition coefficient (Wildman–Crippen LogP) is 2.88. The Morgan fingerprint density at radius 2 is 2.00 bits per heavy atom. The van der Waals surface area contributed by atoms with E-state index in [4.69, 9.17) is 9.47 Å². The highest BCUT2D eigenvalue weighted by Gasteiger charge is 2.37. The highest BCUT2D eigenvalue weighted by Crippen LogP contribution is 2.21. The number of hydrogen-bond donors (Lipinski definition) is 1. The van der Waals surface area contributed by atoms with Gasteiger partial charge in [-0.3, -0.25) is 9.69 Å². The predicted molar refractivity (Wildman–Crippen MR) is 96.7 cm³/mol. The summed E-state index contributed by atoms with van der Waals surface area (Å²) in [6.45, 7) is 7.26. The fourth-order valence-corrected chi connectivity index (χ4v) is 2.70. The molecule has 1 saturated heterocycles. The molecule has 0 unspecified atom stereocenters. The molecular weight excluding hydrogens is 336 g/mol. The van der Waals surface area contributed by atoms with Crippen LogP contribution in [0.1, 0.15) is 39.2 Å². The average Bonchev–Trinajstić information content (AvgIpc) is 3.01. The molecule has 2 amide bonds. The van der Waals surface area contributed by atoms with E-state index in [1.165, 1.54) is 4.90 Å². The summed E-state index contributed by atoms with van der Waals surface area (Å²) < 4.78 is 10.4. The summed E-state index contributed by atoms with van der Waals surface area (Å²) in [5, 5.41) is 2.67. The van der Waals surface area contributed by atoms with E-state index < -0.39 is 36.2 Å². The number of esters is 1. The maximum Gasteiger partial charge on any atom is 0.411 e. The molecule has 1 heterocycles. The van der Waals surface area contributed by atoms with Gasteiger partial charge in [0.05, 0.1) is 0 Å². The highest BCUT2D eigenvalue weighted by molar-refractivity contribution is 5.93. The van der Waals surface area contributed by atoms with Gasteiger partial charge in [0.15, 0.2) is 6.61 Å². The second kappa shape index (κ2) is 8.21. The zero-order valence-corrected chi connectivity index (χ0v) is 15.7. The Kier molecular flexibility index (Phi) is 6.23. The molecule has 142 valence electrons. The molecule has 1 aliphatic heterocycles. The lowest BCUT2D eigenvalue weighted by atomic mass is 10.2. The van der Waals surface area contributed by atoms with Gasteiger partial charge in [0.2, 0.25) is 0 Å². The van der Waals surface area contributed by atoms with E-state index in [1.54, 1.807) is 26.8 Å². The normalized spacial score (nSPS) is 16.9. The number of rotatable bonds is 4. The van der Waals surface area contributed by atoms with Crippen molar-refractivity contribution in [1.29, 1.82) is 0 Å². The number of hydrogen-bond acceptors (Lipinski definition) is 5. The molecule has 0 spiro atoms. The van der Waals surface area contributed by atoms with Crippen LogP contribution in [0.4, 0.5) is 10.5 Å². The Morgan fingerprint density at radius 1 is 1.27 bits per heavy atom. The van der Waals surface area contributed by atoms with Gasteiger partial charge in [-0.1, -0.05) is 12.1 Å². The van der Waals surface area contributed by atoms with Crippen LogP contribution in [-0.4, -0.2) is 47.7 Å². The third-order valence-electron chi connectivity index (χ3n) is 3.80. The van der Waals surface area contributed by atoms with E-state index in [1.807, 2.05) is 25.1 Å². The average molecular weight is 362 g/mol. The molecule has 0 aromatic heterocycles. The van der Waals surface area contributed by atoms with Crippen LogP contribution in [0.25, 0.3) is 0 Å². The number of nitrogens with one attached hydrogen (secondary N) is 1. The van der Waals surface area contributed by atoms with Crippen LogP contribution in [0.2, 0.25) is 0 Å². The fourth-order valence-electron chi connectivity index (χ4n) is 2.70. The van der Waals surface area contributed by atoms with Gasteiger partial charge in [-0.05, 0) is 58.2 Å². The molecule has 1 aromatic rings. The van der Waals surface area contributed by atoms with E-state index in [-0.39, 0.29) is 0 Å². The molecule has 0 radical (unpaired) electrons. The van der Waals surface area contributed by atoms with Gasteiger partial charge in [-0.25, -0.2) is 9.59 Å². The first-order chi connectivity index (χ1) is 12.2. The van der Waals surface area contributed by atoms with E-state index in [2.05, 4.69) is 5.32 Å². The topological polar surface area (TPSA) is 84.9 Å². The third-order valence-corrected chi connectivity index (χ3v) is 3.80. The van der Waals surface area contributed by atoms with E-state index >= 15 is 0 Å². The molecule has 0 saturated carbocycles. The molecule has 7 nitrogen and oxygen atoms in total. The molecule has 0 aliphatic carbocycles. The zero-order valence-electron chi connectivity index (χ0n) is 15.7. The lowest BCUT2D eigenvalue weighted by molar-refractivity contribution is -0.151. The van der Waals surface area contributed by atoms with Crippen molar-refractivity contribution in [2.75, 3.05) is 18.5 Å². The van der Waals surface area contributed by atoms with Gasteiger partial charge in [-0.15, -0.1) is 0 Å². The molecular formula is C19H26N2O5. The van der Waals surface area contributed by atoms with Crippen molar-refractivity contribution in [2.45, 2.75) is 52.2 Å². The van der Waals surface area contributed by atoms with Crippen molar-refractivity contribution in [3.63, 3.8) is 0 Å². The Bertz CT molecular complexity index is 681. The van der Waals surface area contributed by atoms with E-state index in [0.29, 0.717) is 25.1 Å². The second-order valence-electron chi connectivity index (χ2n) is 7.36. The summed E-state index contributed by atoms with van der Waals surface area (Å²) in [6, 6.07) is 6.61. The number of amides is 2. The first kappa shape index (κ1) is 19.8. The number of ether oxygens (including phenoxy) is 2. The standard InChI is InChI=1S/C19H26N2O5/c1-13-7-5-8-14(11-13)20-16(22)12-25-17(23)15-9-6-10-21(15)18(24)26-19(2,3)4/h5,7-8,11,15H,6,9-10,12H2,1-4H3,(H,20,22)/t15-/m0/s1. The summed E-state index contributed by atoms with van der Waals surface area (Å²) in [5.41, 5.74) is 1.02. The monoisotopic (exact) mass is 362 g/mol. The van der Waals surface area contributed by atoms with Crippen LogP contribution in [0.15, 0.2) is 24.3 Å². The third kappa shape index (κ3) is 5.75. The highest BCUT2D eigenvalue weighted by atomic mass is 16.6. The number of benzene rings is 1. The van der Waals surface area contributed by atoms with Crippen molar-refractivity contribution < 1.29 is 23.9 Å². The molecule has 1 fully saturated rings. The van der Waals surface area contributed by atoms with Crippen LogP contribution < -0.4 is 5.32 Å². The lowest BCUT2D eigenvalue weighted by Gasteiger charge is -2.27. The first-order valence-corrected chi connectivity index (χ1v) is 8.68. The Morgan fingerprint density at radius 3 is 2.65 bits per heavy atom. The van der Waals surface area contributed by atoms with Crippen molar-refractivity contribution in [1.82, 2.24) is 4.90 Å². The minimum absolute atomic E-state index is 0.397. The molecule has 26 heavy (non-hydrogen) atoms. The number of likely N-dealkylation sites (tertiary alicyclic amines) is 1. The molecule has 1 aromatic carbocycles. The van der Waals surface area contributed by atoms with Crippen LogP contribution in [-0.2, 0) is 19.1 Å². The van der Waals surface area contributed by atoms with E-state index in [0.717, 1.165) is 5.56 Å². The van der Waals surface area contributed by atoms with Gasteiger partial charge < -0.3 is 14.8 Å². The van der Waals surface area contributed by atoms with Gasteiger partial charge in [0.1, 0.15) is 11.6 Å². The van der Waals surface area contributed by atoms with Gasteiger partial charge >= 0.3 is 12.1 Å². The van der Waals surface area contributed by atoms with E-state index in [9.17, 15) is 14.4 Å². The summed E-state index contributed by atoms with van der Waals surface area (Å²) in [5.74, 6) is -1.02. The first-order valence-electron chi connectivity index (χ1n) is 8.68. The molecule has 1 N–H and O–H groups in total. The molecule has 7 heteroatoms. The zero-order chi connectivity index (χ0) is 19.3. The lowest BCUT2D eigenvalue weighted by Crippen LogP contribution is -2.44. The Hall–Kier alpha value is -2.57. The molecule has 2 rings (SSSR count). The SMILES string of the molecule is Cc1cccc(NC(=O)COC(=O)[C@@H]2CCCN2C(=O)OC(C)(C)C)c1. The van der Waals surface area contributed by atoms with Crippen molar-refractivity contribution in [2.24, 2.45) is 0 Å². The number of aryl methyl sites for hydroxylation is 1. The summed E-state index contributed by atoms with van der Waals surface area (Å²) in [7, 11) is 0. The number of carbonyl (C=O) groups is 3. The Labute approximate surface area is 153 Å². The summed E-state index contributed by atoms with van der Waals surface area (Å²) in [6.07, 6.45) is 0.646. The molecule has 0 bridgehead atoms. The minimum Gasteiger partial charge on any atom is -0.454 e. The maximum atomic E-state index is 12.3. The minimum atomic E-state index is -0.711. The van der Waals surface area contributed by atoms with Gasteiger partial charge in [0, 0.05) is 12.2 Å². The van der Waals surface area contributed by atoms with Crippen LogP contribution in [0, 0.1) is 6.92 Å². The summed E-state index contributed by atoms with van der Waals surface area (Å²) >= 11 is 0. The van der Waals surface area contributed by atoms with Crippen LogP contribution in [0.3, 0.4) is 0 Å². The van der Waals surface area contributed by atoms with Gasteiger partial charge in [0.25, 0.3) is 5.91 Å². The fraction of sp³-hybridized carbons (Fsp3) is 0.526. The van der Waals surface area contributed by atoms with Crippen molar-refractivity contribution >= 4 is 23.7 Å². The van der Waals surface area contributed by atoms with Crippen molar-refractivity contribution in [3.8, 4) is 0 Å². The van der Waals surface area contributed by atoms with Gasteiger partial charge in [-0.2, -0.15) is 0 Å². The summed E-state index contributed by atoms with van der Waals surface area (Å²) in [4.78, 5) is 37.8. The molecule has 1 atom stereocenters. The number of carbonyl (C=O) groups excluding carboxylic acids is 3. The van der Waals surface area contributed by atoms with Crippen LogP contribution in [0.5, 0.6) is 0 Å². The number of nitrogens with zero attached hydrogens (tertiary/aromatic N) is 1. The quantitative estimate of drug-likeness (QED) is 0.833. The Balaban J connectivity index is 1.86.